The van der Waals surface area contributed by atoms with Crippen LogP contribution in [-0.4, -0.2) is 0 Å². The molecule has 0 N–H and O–H groups in total. The van der Waals surface area contributed by atoms with Crippen LogP contribution >= 0.6 is 15.9 Å². The average Bonchev–Trinajstić information content (AvgIpc) is 2.07. The molecule has 0 aliphatic heterocycles. The van der Waals surface area contributed by atoms with Gasteiger partial charge in [0.2, 0.25) is 0 Å². The molecular formula is C8H2BrF4N. The Bertz CT molecular complexity index is 405. The third-order valence-electron chi connectivity index (χ3n) is 1.51. The van der Waals surface area contributed by atoms with Crippen LogP contribution in [0.3, 0.4) is 0 Å². The molecule has 1 rings (SSSR count). The van der Waals surface area contributed by atoms with Crippen LogP contribution in [0.1, 0.15) is 11.1 Å². The van der Waals surface area contributed by atoms with Crippen LogP contribution in [0.5, 0.6) is 0 Å². The summed E-state index contributed by atoms with van der Waals surface area (Å²) in [5.41, 5.74) is -2.26. The smallest absolute Gasteiger partial charge is 0.204 e. The lowest BCUT2D eigenvalue weighted by Gasteiger charge is -2.09. The summed E-state index contributed by atoms with van der Waals surface area (Å²) in [6.07, 6.45) is -4.72. The fourth-order valence-corrected chi connectivity index (χ4v) is 1.23. The second-order valence-electron chi connectivity index (χ2n) is 2.39. The number of rotatable bonds is 0. The third kappa shape index (κ3) is 1.87. The highest BCUT2D eigenvalue weighted by molar-refractivity contribution is 9.10. The largest absolute Gasteiger partial charge is 0.417 e. The van der Waals surface area contributed by atoms with Gasteiger partial charge in [0.15, 0.2) is 5.82 Å². The van der Waals surface area contributed by atoms with Crippen molar-refractivity contribution in [2.75, 3.05) is 0 Å². The van der Waals surface area contributed by atoms with Gasteiger partial charge in [-0.15, -0.1) is 0 Å². The Labute approximate surface area is 85.1 Å². The van der Waals surface area contributed by atoms with Crippen molar-refractivity contribution in [3.8, 4) is 6.07 Å². The molecule has 0 radical (unpaired) electrons. The first-order valence-electron chi connectivity index (χ1n) is 3.33. The topological polar surface area (TPSA) is 23.8 Å². The molecule has 14 heavy (non-hydrogen) atoms. The van der Waals surface area contributed by atoms with E-state index in [0.29, 0.717) is 6.07 Å². The van der Waals surface area contributed by atoms with Gasteiger partial charge in [0.25, 0.3) is 0 Å². The van der Waals surface area contributed by atoms with Gasteiger partial charge in [-0.2, -0.15) is 18.4 Å². The van der Waals surface area contributed by atoms with Gasteiger partial charge in [0, 0.05) is 0 Å². The second-order valence-corrected chi connectivity index (χ2v) is 3.25. The van der Waals surface area contributed by atoms with Gasteiger partial charge in [-0.3, -0.25) is 0 Å². The van der Waals surface area contributed by atoms with Gasteiger partial charge in [-0.25, -0.2) is 4.39 Å². The molecule has 0 saturated carbocycles. The Hall–Kier alpha value is -1.09. The summed E-state index contributed by atoms with van der Waals surface area (Å²) in [7, 11) is 0. The van der Waals surface area contributed by atoms with Gasteiger partial charge < -0.3 is 0 Å². The Morgan fingerprint density at radius 1 is 1.29 bits per heavy atom. The highest BCUT2D eigenvalue weighted by Crippen LogP contribution is 2.34. The minimum atomic E-state index is -4.72. The van der Waals surface area contributed by atoms with E-state index < -0.39 is 23.1 Å². The predicted octanol–water partition coefficient (Wildman–Crippen LogP) is 3.48. The molecule has 1 aromatic rings. The summed E-state index contributed by atoms with van der Waals surface area (Å²) in [5.74, 6) is -1.19. The van der Waals surface area contributed by atoms with Gasteiger partial charge in [0.05, 0.1) is 10.0 Å². The van der Waals surface area contributed by atoms with E-state index in [1.807, 2.05) is 0 Å². The van der Waals surface area contributed by atoms with Gasteiger partial charge in [0.1, 0.15) is 11.6 Å². The van der Waals surface area contributed by atoms with Crippen LogP contribution in [0, 0.1) is 17.1 Å². The first kappa shape index (κ1) is 11.0. The van der Waals surface area contributed by atoms with Crippen LogP contribution in [0.15, 0.2) is 16.6 Å². The molecule has 6 heteroatoms. The highest BCUT2D eigenvalue weighted by atomic mass is 79.9. The Morgan fingerprint density at radius 2 is 1.86 bits per heavy atom. The molecular weight excluding hydrogens is 266 g/mol. The zero-order valence-corrected chi connectivity index (χ0v) is 8.08. The second kappa shape index (κ2) is 3.58. The van der Waals surface area contributed by atoms with Gasteiger partial charge >= 0.3 is 6.18 Å². The molecule has 1 nitrogen and oxygen atoms in total. The highest BCUT2D eigenvalue weighted by Gasteiger charge is 2.35. The van der Waals surface area contributed by atoms with E-state index in [1.165, 1.54) is 6.07 Å². The Morgan fingerprint density at radius 3 is 2.29 bits per heavy atom. The number of hydrogen-bond acceptors (Lipinski definition) is 1. The number of nitrogens with zero attached hydrogens (tertiary/aromatic N) is 1. The van der Waals surface area contributed by atoms with Crippen LogP contribution in [0.25, 0.3) is 0 Å². The van der Waals surface area contributed by atoms with E-state index in [1.54, 1.807) is 0 Å². The first-order valence-corrected chi connectivity index (χ1v) is 4.12. The molecule has 0 bridgehead atoms. The van der Waals surface area contributed by atoms with Crippen LogP contribution in [0.2, 0.25) is 0 Å². The molecule has 0 aromatic heterocycles. The zero-order chi connectivity index (χ0) is 10.9. The summed E-state index contributed by atoms with van der Waals surface area (Å²) < 4.78 is 49.5. The normalized spacial score (nSPS) is 11.1. The lowest BCUT2D eigenvalue weighted by Crippen LogP contribution is -2.09. The maximum atomic E-state index is 13.0. The summed E-state index contributed by atoms with van der Waals surface area (Å²) in [5, 5.41) is 8.38. The molecule has 0 saturated heterocycles. The average molecular weight is 268 g/mol. The van der Waals surface area contributed by atoms with Crippen molar-refractivity contribution in [3.05, 3.63) is 33.5 Å². The lowest BCUT2D eigenvalue weighted by molar-refractivity contribution is -0.138. The minimum Gasteiger partial charge on any atom is -0.204 e. The fourth-order valence-electron chi connectivity index (χ4n) is 0.896. The molecule has 0 atom stereocenters. The molecule has 0 spiro atoms. The number of hydrogen-bond donors (Lipinski definition) is 0. The Balaban J connectivity index is 3.49. The fraction of sp³-hybridized carbons (Fsp3) is 0.125. The van der Waals surface area contributed by atoms with Crippen molar-refractivity contribution in [2.24, 2.45) is 0 Å². The summed E-state index contributed by atoms with van der Waals surface area (Å²) in [6, 6.07) is 2.76. The number of halogens is 5. The van der Waals surface area contributed by atoms with E-state index in [9.17, 15) is 17.6 Å². The zero-order valence-electron chi connectivity index (χ0n) is 6.49. The van der Waals surface area contributed by atoms with Crippen molar-refractivity contribution < 1.29 is 17.6 Å². The predicted molar refractivity (Wildman–Crippen MR) is 43.8 cm³/mol. The van der Waals surface area contributed by atoms with E-state index in [4.69, 9.17) is 5.26 Å². The van der Waals surface area contributed by atoms with Crippen molar-refractivity contribution in [1.82, 2.24) is 0 Å². The number of benzene rings is 1. The summed E-state index contributed by atoms with van der Waals surface area (Å²) in [6.45, 7) is 0. The van der Waals surface area contributed by atoms with Crippen molar-refractivity contribution >= 4 is 15.9 Å². The first-order chi connectivity index (χ1) is 6.38. The van der Waals surface area contributed by atoms with E-state index in [2.05, 4.69) is 15.9 Å². The van der Waals surface area contributed by atoms with E-state index in [-0.39, 0.29) is 4.47 Å². The quantitative estimate of drug-likeness (QED) is 0.661. The molecule has 0 aliphatic rings. The molecule has 74 valence electrons. The number of alkyl halides is 3. The standard InChI is InChI=1S/C8H2BrF4N/c9-6-2-1-5(8(11,12)13)4(3-14)7(6)10/h1-2H. The van der Waals surface area contributed by atoms with E-state index >= 15 is 0 Å². The molecule has 0 heterocycles. The number of nitriles is 1. The molecule has 1 aromatic carbocycles. The maximum Gasteiger partial charge on any atom is 0.417 e. The minimum absolute atomic E-state index is 0.165. The summed E-state index contributed by atoms with van der Waals surface area (Å²) >= 11 is 2.69. The van der Waals surface area contributed by atoms with Crippen molar-refractivity contribution in [2.45, 2.75) is 6.18 Å². The van der Waals surface area contributed by atoms with Crippen LogP contribution < -0.4 is 0 Å². The van der Waals surface area contributed by atoms with Crippen LogP contribution in [-0.2, 0) is 6.18 Å². The van der Waals surface area contributed by atoms with Crippen LogP contribution in [0.4, 0.5) is 17.6 Å². The molecule has 0 amide bonds. The molecule has 0 fully saturated rings. The maximum absolute atomic E-state index is 13.0. The molecule has 0 aliphatic carbocycles. The monoisotopic (exact) mass is 267 g/mol. The summed E-state index contributed by atoms with van der Waals surface area (Å²) in [4.78, 5) is 0. The Kier molecular flexibility index (Phi) is 2.81. The van der Waals surface area contributed by atoms with E-state index in [0.717, 1.165) is 6.07 Å². The lowest BCUT2D eigenvalue weighted by atomic mass is 10.1. The van der Waals surface area contributed by atoms with Gasteiger partial charge in [-0.1, -0.05) is 0 Å². The molecule has 0 unspecified atom stereocenters. The van der Waals surface area contributed by atoms with Crippen molar-refractivity contribution in [1.29, 1.82) is 5.26 Å². The SMILES string of the molecule is N#Cc1c(C(F)(F)F)ccc(Br)c1F. The third-order valence-corrected chi connectivity index (χ3v) is 2.12. The van der Waals surface area contributed by atoms with Crippen molar-refractivity contribution in [3.63, 3.8) is 0 Å². The van der Waals surface area contributed by atoms with Gasteiger partial charge in [-0.05, 0) is 28.1 Å².